The first-order chi connectivity index (χ1) is 21.2. The van der Waals surface area contributed by atoms with Crippen LogP contribution >= 0.6 is 0 Å². The quantitative estimate of drug-likeness (QED) is 0.256. The average molecular weight is 620 g/mol. The van der Waals surface area contributed by atoms with Gasteiger partial charge >= 0.3 is 12.2 Å². The van der Waals surface area contributed by atoms with Gasteiger partial charge in [0.1, 0.15) is 11.6 Å². The predicted molar refractivity (Wildman–Crippen MR) is 168 cm³/mol. The number of alkyl halides is 3. The second-order valence-electron chi connectivity index (χ2n) is 12.1. The van der Waals surface area contributed by atoms with Gasteiger partial charge < -0.3 is 15.1 Å². The van der Waals surface area contributed by atoms with E-state index in [2.05, 4.69) is 36.4 Å². The van der Waals surface area contributed by atoms with Crippen LogP contribution in [0.25, 0.3) is 5.69 Å². The predicted octanol–water partition coefficient (Wildman–Crippen LogP) is 6.81. The number of pyridine rings is 1. The van der Waals surface area contributed by atoms with E-state index in [-0.39, 0.29) is 24.1 Å². The molecule has 0 atom stereocenters. The molecule has 1 aliphatic heterocycles. The summed E-state index contributed by atoms with van der Waals surface area (Å²) in [6.45, 7) is 11.3. The van der Waals surface area contributed by atoms with Crippen molar-refractivity contribution in [1.29, 1.82) is 0 Å². The zero-order valence-corrected chi connectivity index (χ0v) is 25.9. The summed E-state index contributed by atoms with van der Waals surface area (Å²) in [7, 11) is 0. The molecule has 1 aliphatic rings. The van der Waals surface area contributed by atoms with Gasteiger partial charge in [0.05, 0.1) is 33.9 Å². The van der Waals surface area contributed by atoms with Crippen LogP contribution in [0.5, 0.6) is 0 Å². The molecule has 2 aromatic heterocycles. The first kappa shape index (κ1) is 31.6. The molecule has 1 fully saturated rings. The SMILES string of the molecule is Cc1ccc(-n2nc(C(C)(C)C)cc2NC(=O)Nc2ccc(N3CCN(C(=O)c4ccccc4C(F)(F)F)CC3)nc2C)cc1. The molecule has 0 aliphatic carbocycles. The molecule has 4 aromatic rings. The lowest BCUT2D eigenvalue weighted by atomic mass is 9.92. The minimum atomic E-state index is -4.61. The number of aromatic nitrogens is 3. The zero-order chi connectivity index (χ0) is 32.5. The lowest BCUT2D eigenvalue weighted by Gasteiger charge is -2.36. The van der Waals surface area contributed by atoms with E-state index >= 15 is 0 Å². The highest BCUT2D eigenvalue weighted by molar-refractivity contribution is 6.00. The van der Waals surface area contributed by atoms with Crippen molar-refractivity contribution in [3.8, 4) is 5.69 Å². The Morgan fingerprint density at radius 2 is 1.51 bits per heavy atom. The number of aryl methyl sites for hydroxylation is 2. The van der Waals surface area contributed by atoms with Crippen LogP contribution < -0.4 is 15.5 Å². The van der Waals surface area contributed by atoms with Gasteiger partial charge in [-0.3, -0.25) is 10.1 Å². The second kappa shape index (κ2) is 12.3. The van der Waals surface area contributed by atoms with E-state index < -0.39 is 23.7 Å². The van der Waals surface area contributed by atoms with Crippen LogP contribution in [0.3, 0.4) is 0 Å². The minimum absolute atomic E-state index is 0.231. The van der Waals surface area contributed by atoms with Crippen molar-refractivity contribution in [3.05, 3.63) is 94.8 Å². The molecular formula is C33H36F3N7O2. The molecule has 3 amide bonds. The normalized spacial score (nSPS) is 14.0. The monoisotopic (exact) mass is 619 g/mol. The molecule has 3 heterocycles. The topological polar surface area (TPSA) is 95.4 Å². The number of urea groups is 1. The first-order valence-electron chi connectivity index (χ1n) is 14.6. The third-order valence-electron chi connectivity index (χ3n) is 7.67. The van der Waals surface area contributed by atoms with Gasteiger partial charge in [-0.2, -0.15) is 18.3 Å². The Hall–Kier alpha value is -4.87. The largest absolute Gasteiger partial charge is 0.417 e. The highest BCUT2D eigenvalue weighted by Crippen LogP contribution is 2.33. The first-order valence-corrected chi connectivity index (χ1v) is 14.6. The van der Waals surface area contributed by atoms with Crippen molar-refractivity contribution in [3.63, 3.8) is 0 Å². The average Bonchev–Trinajstić information content (AvgIpc) is 3.42. The highest BCUT2D eigenvalue weighted by Gasteiger charge is 2.36. The van der Waals surface area contributed by atoms with E-state index in [0.717, 1.165) is 23.0 Å². The van der Waals surface area contributed by atoms with Gasteiger partial charge in [0.15, 0.2) is 0 Å². The molecule has 0 bridgehead atoms. The maximum atomic E-state index is 13.4. The summed E-state index contributed by atoms with van der Waals surface area (Å²) < 4.78 is 42.0. The molecule has 12 heteroatoms. The van der Waals surface area contributed by atoms with Gasteiger partial charge in [-0.15, -0.1) is 0 Å². The Morgan fingerprint density at radius 3 is 2.13 bits per heavy atom. The smallest absolute Gasteiger partial charge is 0.353 e. The van der Waals surface area contributed by atoms with Gasteiger partial charge in [-0.25, -0.2) is 14.5 Å². The number of halogens is 3. The van der Waals surface area contributed by atoms with E-state index in [1.807, 2.05) is 42.2 Å². The van der Waals surface area contributed by atoms with Crippen LogP contribution in [-0.2, 0) is 11.6 Å². The van der Waals surface area contributed by atoms with Gasteiger partial charge in [-0.05, 0) is 50.2 Å². The zero-order valence-electron chi connectivity index (χ0n) is 25.9. The molecule has 2 aromatic carbocycles. The fourth-order valence-electron chi connectivity index (χ4n) is 5.07. The second-order valence-corrected chi connectivity index (χ2v) is 12.1. The molecule has 5 rings (SSSR count). The van der Waals surface area contributed by atoms with Crippen LogP contribution in [0.4, 0.5) is 35.3 Å². The molecule has 236 valence electrons. The van der Waals surface area contributed by atoms with E-state index in [9.17, 15) is 22.8 Å². The van der Waals surface area contributed by atoms with Crippen LogP contribution in [-0.4, -0.2) is 57.8 Å². The number of anilines is 3. The van der Waals surface area contributed by atoms with Gasteiger partial charge in [0, 0.05) is 37.7 Å². The summed E-state index contributed by atoms with van der Waals surface area (Å²) in [4.78, 5) is 34.1. The Bertz CT molecular complexity index is 1700. The summed E-state index contributed by atoms with van der Waals surface area (Å²) in [5.74, 6) is 0.526. The maximum absolute atomic E-state index is 13.4. The van der Waals surface area contributed by atoms with E-state index in [1.54, 1.807) is 23.7 Å². The summed E-state index contributed by atoms with van der Waals surface area (Å²) >= 11 is 0. The van der Waals surface area contributed by atoms with Crippen molar-refractivity contribution >= 4 is 29.3 Å². The molecule has 0 spiro atoms. The van der Waals surface area contributed by atoms with Crippen LogP contribution in [0.15, 0.2) is 66.7 Å². The number of carbonyl (C=O) groups excluding carboxylic acids is 2. The van der Waals surface area contributed by atoms with Gasteiger partial charge in [0.25, 0.3) is 5.91 Å². The number of hydrogen-bond donors (Lipinski definition) is 2. The highest BCUT2D eigenvalue weighted by atomic mass is 19.4. The number of piperazine rings is 1. The Labute approximate surface area is 260 Å². The van der Waals surface area contributed by atoms with Crippen LogP contribution in [0, 0.1) is 13.8 Å². The molecular weight excluding hydrogens is 583 g/mol. The maximum Gasteiger partial charge on any atom is 0.417 e. The molecule has 1 saturated heterocycles. The molecule has 0 saturated carbocycles. The number of amides is 3. The Morgan fingerprint density at radius 1 is 0.844 bits per heavy atom. The number of benzene rings is 2. The standard InChI is InChI=1S/C33H36F3N7O2/c1-21-10-12-23(13-11-21)43-29(20-27(40-43)32(3,4)5)39-31(45)38-26-14-15-28(37-22(26)2)41-16-18-42(19-17-41)30(44)24-8-6-7-9-25(24)33(34,35)36/h6-15,20H,16-19H2,1-5H3,(H2,38,39,45). The third kappa shape index (κ3) is 7.11. The molecule has 2 N–H and O–H groups in total. The van der Waals surface area contributed by atoms with Crippen molar-refractivity contribution < 1.29 is 22.8 Å². The summed E-state index contributed by atoms with van der Waals surface area (Å²) in [5.41, 5.74) is 2.35. The lowest BCUT2D eigenvalue weighted by Crippen LogP contribution is -2.49. The van der Waals surface area contributed by atoms with Gasteiger partial charge in [-0.1, -0.05) is 50.6 Å². The molecule has 0 radical (unpaired) electrons. The fraction of sp³-hybridized carbons (Fsp3) is 0.333. The van der Waals surface area contributed by atoms with Crippen molar-refractivity contribution in [1.82, 2.24) is 19.7 Å². The van der Waals surface area contributed by atoms with Crippen molar-refractivity contribution in [2.24, 2.45) is 0 Å². The Kier molecular flexibility index (Phi) is 8.59. The third-order valence-corrected chi connectivity index (χ3v) is 7.67. The molecule has 9 nitrogen and oxygen atoms in total. The number of carbonyl (C=O) groups is 2. The summed E-state index contributed by atoms with van der Waals surface area (Å²) in [6.07, 6.45) is -4.61. The number of hydrogen-bond acceptors (Lipinski definition) is 5. The molecule has 45 heavy (non-hydrogen) atoms. The molecule has 0 unspecified atom stereocenters. The lowest BCUT2D eigenvalue weighted by molar-refractivity contribution is -0.138. The van der Waals surface area contributed by atoms with Gasteiger partial charge in [0.2, 0.25) is 0 Å². The van der Waals surface area contributed by atoms with Crippen molar-refractivity contribution in [2.45, 2.75) is 46.2 Å². The van der Waals surface area contributed by atoms with E-state index in [0.29, 0.717) is 36.1 Å². The number of nitrogens with one attached hydrogen (secondary N) is 2. The summed E-state index contributed by atoms with van der Waals surface area (Å²) in [5, 5.41) is 10.5. The van der Waals surface area contributed by atoms with E-state index in [1.165, 1.54) is 23.1 Å². The van der Waals surface area contributed by atoms with E-state index in [4.69, 9.17) is 5.10 Å². The van der Waals surface area contributed by atoms with Crippen LogP contribution in [0.2, 0.25) is 0 Å². The van der Waals surface area contributed by atoms with Crippen molar-refractivity contribution in [2.75, 3.05) is 41.7 Å². The number of rotatable bonds is 5. The summed E-state index contributed by atoms with van der Waals surface area (Å²) in [6, 6.07) is 17.6. The number of nitrogens with zero attached hydrogens (tertiary/aromatic N) is 5. The minimum Gasteiger partial charge on any atom is -0.353 e. The fourth-order valence-corrected chi connectivity index (χ4v) is 5.07. The Balaban J connectivity index is 1.24. The van der Waals surface area contributed by atoms with Crippen LogP contribution in [0.1, 0.15) is 53.6 Å².